The van der Waals surface area contributed by atoms with Crippen LogP contribution in [0.4, 0.5) is 5.13 Å². The van der Waals surface area contributed by atoms with Crippen LogP contribution >= 0.6 is 11.3 Å². The molecule has 0 bridgehead atoms. The average Bonchev–Trinajstić information content (AvgIpc) is 2.46. The van der Waals surface area contributed by atoms with Crippen LogP contribution in [-0.2, 0) is 16.7 Å². The van der Waals surface area contributed by atoms with Crippen LogP contribution in [0, 0.1) is 0 Å². The van der Waals surface area contributed by atoms with Gasteiger partial charge in [-0.2, -0.15) is 0 Å². The minimum absolute atomic E-state index is 0. The van der Waals surface area contributed by atoms with Crippen LogP contribution in [0.25, 0.3) is 0 Å². The Kier molecular flexibility index (Phi) is 6.98. The van der Waals surface area contributed by atoms with Crippen LogP contribution in [0.15, 0.2) is 5.38 Å². The van der Waals surface area contributed by atoms with Crippen LogP contribution in [0.1, 0.15) is 25.5 Å². The van der Waals surface area contributed by atoms with Crippen molar-refractivity contribution in [3.8, 4) is 0 Å². The normalized spacial score (nSPS) is 10.8. The number of rotatable bonds is 5. The van der Waals surface area contributed by atoms with E-state index in [1.165, 1.54) is 0 Å². The second-order valence-corrected chi connectivity index (χ2v) is 4.77. The van der Waals surface area contributed by atoms with Gasteiger partial charge in [0.25, 0.3) is 0 Å². The van der Waals surface area contributed by atoms with Crippen molar-refractivity contribution < 1.29 is 42.5 Å². The quantitative estimate of drug-likeness (QED) is 0.507. The zero-order chi connectivity index (χ0) is 10.6. The molecule has 0 saturated carbocycles. The van der Waals surface area contributed by atoms with Crippen molar-refractivity contribution in [3.05, 3.63) is 11.1 Å². The van der Waals surface area contributed by atoms with E-state index in [1.54, 1.807) is 10.1 Å². The third-order valence-corrected chi connectivity index (χ3v) is 2.93. The predicted octanol–water partition coefficient (Wildman–Crippen LogP) is -1.64. The summed E-state index contributed by atoms with van der Waals surface area (Å²) < 4.78 is 32.8. The number of nitrogens with zero attached hydrogens (tertiary/aromatic N) is 1. The topological polar surface area (TPSA) is 82.1 Å². The molecule has 1 rings (SSSR count). The Labute approximate surface area is 115 Å². The minimum Gasteiger partial charge on any atom is -0.731 e. The second kappa shape index (κ2) is 6.82. The van der Waals surface area contributed by atoms with E-state index in [0.717, 1.165) is 36.3 Å². The van der Waals surface area contributed by atoms with Gasteiger partial charge in [0.1, 0.15) is 0 Å². The van der Waals surface area contributed by atoms with Crippen molar-refractivity contribution in [2.45, 2.75) is 26.2 Å². The molecular formula is C7H11N2NaO3S2. The Balaban J connectivity index is 0.00000196. The summed E-state index contributed by atoms with van der Waals surface area (Å²) in [6.07, 6.45) is 2.88. The number of nitrogens with one attached hydrogen (secondary N) is 1. The number of anilines is 1. The summed E-state index contributed by atoms with van der Waals surface area (Å²) in [5.41, 5.74) is 0.822. The first-order valence-corrected chi connectivity index (χ1v) is 6.48. The van der Waals surface area contributed by atoms with Crippen molar-refractivity contribution in [3.63, 3.8) is 0 Å². The van der Waals surface area contributed by atoms with Crippen molar-refractivity contribution in [1.29, 1.82) is 0 Å². The molecule has 0 aromatic carbocycles. The molecule has 0 amide bonds. The number of hydrogen-bond acceptors (Lipinski definition) is 5. The van der Waals surface area contributed by atoms with Crippen LogP contribution in [0.5, 0.6) is 0 Å². The molecule has 8 heteroatoms. The Morgan fingerprint density at radius 1 is 1.60 bits per heavy atom. The van der Waals surface area contributed by atoms with Gasteiger partial charge < -0.3 is 4.55 Å². The Morgan fingerprint density at radius 3 is 2.80 bits per heavy atom. The fraction of sp³-hybridized carbons (Fsp3) is 0.571. The molecule has 0 atom stereocenters. The molecule has 80 valence electrons. The summed E-state index contributed by atoms with van der Waals surface area (Å²) in [4.78, 5) is 3.96. The van der Waals surface area contributed by atoms with Crippen molar-refractivity contribution in [2.75, 3.05) is 4.72 Å². The maximum atomic E-state index is 10.3. The third-order valence-electron chi connectivity index (χ3n) is 1.55. The number of unbranched alkanes of at least 4 members (excludes halogenated alkanes) is 1. The molecule has 0 aliphatic rings. The molecule has 0 spiro atoms. The van der Waals surface area contributed by atoms with E-state index in [1.807, 2.05) is 0 Å². The Bertz CT molecular complexity index is 391. The van der Waals surface area contributed by atoms with Gasteiger partial charge in [-0.1, -0.05) is 13.3 Å². The van der Waals surface area contributed by atoms with Crippen LogP contribution < -0.4 is 34.3 Å². The summed E-state index contributed by atoms with van der Waals surface area (Å²) in [6, 6.07) is 0. The number of thiazole rings is 1. The Hall–Kier alpha value is 0.340. The standard InChI is InChI=1S/C7H12N2O3S2.Na/c1-2-3-4-6-5-13-7(8-6)9-14(10,11)12;/h5H,2-4H2,1H3,(H,8,9)(H,10,11,12);/q;+1/p-1. The fourth-order valence-corrected chi connectivity index (χ4v) is 2.28. The molecule has 1 heterocycles. The van der Waals surface area contributed by atoms with Gasteiger partial charge in [0.05, 0.1) is 5.69 Å². The van der Waals surface area contributed by atoms with E-state index in [-0.39, 0.29) is 34.7 Å². The van der Waals surface area contributed by atoms with Gasteiger partial charge in [0.2, 0.25) is 0 Å². The average molecular weight is 258 g/mol. The maximum Gasteiger partial charge on any atom is 1.00 e. The molecule has 0 radical (unpaired) electrons. The van der Waals surface area contributed by atoms with Gasteiger partial charge >= 0.3 is 29.6 Å². The molecule has 0 unspecified atom stereocenters. The molecule has 1 aromatic rings. The molecule has 5 nitrogen and oxygen atoms in total. The first-order chi connectivity index (χ1) is 6.51. The molecule has 0 aliphatic carbocycles. The summed E-state index contributed by atoms with van der Waals surface area (Å²) >= 11 is 1.13. The summed E-state index contributed by atoms with van der Waals surface area (Å²) in [5.74, 6) is 0. The number of aryl methyl sites for hydroxylation is 1. The largest absolute Gasteiger partial charge is 1.00 e. The van der Waals surface area contributed by atoms with E-state index in [2.05, 4.69) is 11.9 Å². The zero-order valence-corrected chi connectivity index (χ0v) is 12.3. The third kappa shape index (κ3) is 6.49. The second-order valence-electron chi connectivity index (χ2n) is 2.80. The smallest absolute Gasteiger partial charge is 0.731 e. The summed E-state index contributed by atoms with van der Waals surface area (Å²) in [6.45, 7) is 2.06. The van der Waals surface area contributed by atoms with E-state index in [0.29, 0.717) is 0 Å². The van der Waals surface area contributed by atoms with Gasteiger partial charge in [0.15, 0.2) is 15.4 Å². The fourth-order valence-electron chi connectivity index (χ4n) is 0.934. The Morgan fingerprint density at radius 2 is 2.27 bits per heavy atom. The first kappa shape index (κ1) is 15.3. The van der Waals surface area contributed by atoms with E-state index < -0.39 is 10.3 Å². The van der Waals surface area contributed by atoms with Gasteiger partial charge in [-0.25, -0.2) is 13.4 Å². The molecule has 0 fully saturated rings. The monoisotopic (exact) mass is 258 g/mol. The van der Waals surface area contributed by atoms with E-state index in [9.17, 15) is 13.0 Å². The van der Waals surface area contributed by atoms with Crippen molar-refractivity contribution >= 4 is 26.8 Å². The molecule has 0 aliphatic heterocycles. The molecule has 0 saturated heterocycles. The van der Waals surface area contributed by atoms with Crippen LogP contribution in [0.2, 0.25) is 0 Å². The summed E-state index contributed by atoms with van der Waals surface area (Å²) in [7, 11) is -4.44. The van der Waals surface area contributed by atoms with Gasteiger partial charge in [-0.15, -0.1) is 11.3 Å². The number of hydrogen-bond donors (Lipinski definition) is 1. The number of aromatic nitrogens is 1. The van der Waals surface area contributed by atoms with Gasteiger partial charge in [-0.05, 0) is 12.8 Å². The van der Waals surface area contributed by atoms with Crippen molar-refractivity contribution in [2.24, 2.45) is 0 Å². The first-order valence-electron chi connectivity index (χ1n) is 4.19. The molecule has 1 N–H and O–H groups in total. The SMILES string of the molecule is CCCCc1csc(NS(=O)(=O)[O-])n1.[Na+]. The minimum atomic E-state index is -4.44. The maximum absolute atomic E-state index is 10.3. The van der Waals surface area contributed by atoms with E-state index in [4.69, 9.17) is 0 Å². The van der Waals surface area contributed by atoms with Crippen LogP contribution in [0.3, 0.4) is 0 Å². The van der Waals surface area contributed by atoms with E-state index >= 15 is 0 Å². The van der Waals surface area contributed by atoms with Gasteiger partial charge in [0, 0.05) is 5.38 Å². The summed E-state index contributed by atoms with van der Waals surface area (Å²) in [5, 5.41) is 1.90. The predicted molar refractivity (Wildman–Crippen MR) is 54.0 cm³/mol. The van der Waals surface area contributed by atoms with Crippen molar-refractivity contribution in [1.82, 2.24) is 4.98 Å². The van der Waals surface area contributed by atoms with Gasteiger partial charge in [-0.3, -0.25) is 4.72 Å². The molecular weight excluding hydrogens is 247 g/mol. The van der Waals surface area contributed by atoms with Crippen LogP contribution in [-0.4, -0.2) is 18.0 Å². The molecule has 15 heavy (non-hydrogen) atoms. The zero-order valence-electron chi connectivity index (χ0n) is 8.69. The molecule has 1 aromatic heterocycles.